The lowest BCUT2D eigenvalue weighted by Gasteiger charge is -2.05. The van der Waals surface area contributed by atoms with Crippen LogP contribution in [0.5, 0.6) is 0 Å². The minimum atomic E-state index is 0.630. The van der Waals surface area contributed by atoms with E-state index in [9.17, 15) is 0 Å². The second-order valence-electron chi connectivity index (χ2n) is 2.78. The molecule has 0 aromatic rings. The minimum Gasteiger partial charge on any atom is -0.381 e. The number of rotatable bonds is 6. The molecule has 0 fully saturated rings. The maximum Gasteiger partial charge on any atom is 0.0489 e. The van der Waals surface area contributed by atoms with Crippen LogP contribution in [0.3, 0.4) is 0 Å². The molecule has 0 aromatic carbocycles. The highest BCUT2D eigenvalue weighted by atomic mass is 16.5. The molecular weight excluding hydrogens is 128 g/mol. The van der Waals surface area contributed by atoms with Crippen LogP contribution in [0.25, 0.3) is 0 Å². The van der Waals surface area contributed by atoms with Crippen molar-refractivity contribution in [3.8, 4) is 0 Å². The van der Waals surface area contributed by atoms with Crippen LogP contribution in [0, 0.1) is 5.92 Å². The summed E-state index contributed by atoms with van der Waals surface area (Å²) in [7, 11) is 0. The van der Waals surface area contributed by atoms with E-state index >= 15 is 0 Å². The largest absolute Gasteiger partial charge is 0.381 e. The van der Waals surface area contributed by atoms with Crippen LogP contribution in [0.2, 0.25) is 0 Å². The quantitative estimate of drug-likeness (QED) is 0.326. The Hall–Kier alpha value is -0.120. The Labute approximate surface area is 62.9 Å². The highest BCUT2D eigenvalue weighted by molar-refractivity contribution is 4.41. The van der Waals surface area contributed by atoms with Gasteiger partial charge in [0.05, 0.1) is 0 Å². The van der Waals surface area contributed by atoms with Crippen LogP contribution in [0.15, 0.2) is 0 Å². The molecule has 3 N–H and O–H groups in total. The third-order valence-corrected chi connectivity index (χ3v) is 1.06. The Morgan fingerprint density at radius 3 is 2.70 bits per heavy atom. The molecule has 62 valence electrons. The molecule has 0 saturated carbocycles. The van der Waals surface area contributed by atoms with Gasteiger partial charge in [0.1, 0.15) is 0 Å². The van der Waals surface area contributed by atoms with Gasteiger partial charge in [0.25, 0.3) is 0 Å². The normalized spacial score (nSPS) is 10.8. The van der Waals surface area contributed by atoms with Crippen LogP contribution in [-0.2, 0) is 4.74 Å². The summed E-state index contributed by atoms with van der Waals surface area (Å²) in [6, 6.07) is 0. The zero-order valence-electron chi connectivity index (χ0n) is 6.89. The van der Waals surface area contributed by atoms with Gasteiger partial charge >= 0.3 is 0 Å². The first kappa shape index (κ1) is 9.88. The van der Waals surface area contributed by atoms with Gasteiger partial charge in [-0.25, -0.2) is 0 Å². The van der Waals surface area contributed by atoms with E-state index in [1.54, 1.807) is 0 Å². The fourth-order valence-electron chi connectivity index (χ4n) is 0.595. The van der Waals surface area contributed by atoms with Crippen molar-refractivity contribution in [3.63, 3.8) is 0 Å². The molecule has 0 bridgehead atoms. The average Bonchev–Trinajstić information content (AvgIpc) is 1.87. The minimum absolute atomic E-state index is 0.630. The molecule has 0 aliphatic carbocycles. The monoisotopic (exact) mass is 146 g/mol. The van der Waals surface area contributed by atoms with E-state index in [4.69, 9.17) is 10.6 Å². The Morgan fingerprint density at radius 1 is 1.50 bits per heavy atom. The standard InChI is InChI=1S/C7H18N2O/c1-7(2)6-10-5-3-4-9-8/h7,9H,3-6,8H2,1-2H3. The lowest BCUT2D eigenvalue weighted by Crippen LogP contribution is -2.24. The molecule has 0 rings (SSSR count). The molecule has 0 spiro atoms. The molecule has 0 heterocycles. The van der Waals surface area contributed by atoms with E-state index < -0.39 is 0 Å². The van der Waals surface area contributed by atoms with E-state index in [1.165, 1.54) is 0 Å². The molecule has 0 aliphatic heterocycles. The molecule has 0 saturated heterocycles. The molecular formula is C7H18N2O. The molecule has 0 amide bonds. The van der Waals surface area contributed by atoms with Crippen molar-refractivity contribution in [2.45, 2.75) is 20.3 Å². The third kappa shape index (κ3) is 7.88. The summed E-state index contributed by atoms with van der Waals surface area (Å²) in [5.41, 5.74) is 2.58. The summed E-state index contributed by atoms with van der Waals surface area (Å²) < 4.78 is 5.30. The van der Waals surface area contributed by atoms with E-state index in [0.717, 1.165) is 26.2 Å². The van der Waals surface area contributed by atoms with Crippen LogP contribution >= 0.6 is 0 Å². The van der Waals surface area contributed by atoms with Gasteiger partial charge in [0.2, 0.25) is 0 Å². The summed E-state index contributed by atoms with van der Waals surface area (Å²) in [5, 5.41) is 0. The number of ether oxygens (including phenoxy) is 1. The Kier molecular flexibility index (Phi) is 6.91. The third-order valence-electron chi connectivity index (χ3n) is 1.06. The van der Waals surface area contributed by atoms with Crippen LogP contribution in [0.4, 0.5) is 0 Å². The fourth-order valence-corrected chi connectivity index (χ4v) is 0.595. The second-order valence-corrected chi connectivity index (χ2v) is 2.78. The molecule has 10 heavy (non-hydrogen) atoms. The molecule has 0 aromatic heterocycles. The van der Waals surface area contributed by atoms with Gasteiger partial charge in [0, 0.05) is 19.8 Å². The predicted molar refractivity (Wildman–Crippen MR) is 42.5 cm³/mol. The average molecular weight is 146 g/mol. The van der Waals surface area contributed by atoms with E-state index in [1.807, 2.05) is 0 Å². The van der Waals surface area contributed by atoms with E-state index in [2.05, 4.69) is 19.3 Å². The molecule has 3 heteroatoms. The van der Waals surface area contributed by atoms with Gasteiger partial charge in [0.15, 0.2) is 0 Å². The van der Waals surface area contributed by atoms with E-state index in [0.29, 0.717) is 5.92 Å². The maximum absolute atomic E-state index is 5.30. The zero-order valence-corrected chi connectivity index (χ0v) is 6.89. The van der Waals surface area contributed by atoms with Crippen molar-refractivity contribution in [2.75, 3.05) is 19.8 Å². The SMILES string of the molecule is CC(C)COCCCNN. The van der Waals surface area contributed by atoms with Crippen LogP contribution < -0.4 is 11.3 Å². The summed E-state index contributed by atoms with van der Waals surface area (Å²) in [6.07, 6.45) is 0.989. The summed E-state index contributed by atoms with van der Waals surface area (Å²) in [4.78, 5) is 0. The van der Waals surface area contributed by atoms with Gasteiger partial charge in [-0.05, 0) is 12.3 Å². The Bertz CT molecular complexity index is 66.6. The summed E-state index contributed by atoms with van der Waals surface area (Å²) in [6.45, 7) is 6.77. The van der Waals surface area contributed by atoms with Crippen molar-refractivity contribution in [1.82, 2.24) is 5.43 Å². The first-order chi connectivity index (χ1) is 4.77. The van der Waals surface area contributed by atoms with Crippen LogP contribution in [0.1, 0.15) is 20.3 Å². The lowest BCUT2D eigenvalue weighted by atomic mass is 10.2. The molecule has 0 aliphatic rings. The van der Waals surface area contributed by atoms with Gasteiger partial charge in [-0.3, -0.25) is 11.3 Å². The highest BCUT2D eigenvalue weighted by Gasteiger charge is 1.92. The number of hydrogen-bond donors (Lipinski definition) is 2. The van der Waals surface area contributed by atoms with Gasteiger partial charge < -0.3 is 4.74 Å². The Morgan fingerprint density at radius 2 is 2.20 bits per heavy atom. The number of hydrogen-bond acceptors (Lipinski definition) is 3. The topological polar surface area (TPSA) is 47.3 Å². The number of nitrogens with one attached hydrogen (secondary N) is 1. The Balaban J connectivity index is 2.77. The highest BCUT2D eigenvalue weighted by Crippen LogP contribution is 1.92. The molecule has 0 atom stereocenters. The number of nitrogens with two attached hydrogens (primary N) is 1. The lowest BCUT2D eigenvalue weighted by molar-refractivity contribution is 0.108. The van der Waals surface area contributed by atoms with Crippen LogP contribution in [-0.4, -0.2) is 19.8 Å². The molecule has 0 unspecified atom stereocenters. The van der Waals surface area contributed by atoms with Crippen molar-refractivity contribution in [2.24, 2.45) is 11.8 Å². The van der Waals surface area contributed by atoms with Crippen molar-refractivity contribution in [3.05, 3.63) is 0 Å². The molecule has 0 radical (unpaired) electrons. The maximum atomic E-state index is 5.30. The smallest absolute Gasteiger partial charge is 0.0489 e. The first-order valence-electron chi connectivity index (χ1n) is 3.78. The van der Waals surface area contributed by atoms with Crippen molar-refractivity contribution in [1.29, 1.82) is 0 Å². The first-order valence-corrected chi connectivity index (χ1v) is 3.78. The van der Waals surface area contributed by atoms with Crippen molar-refractivity contribution >= 4 is 0 Å². The zero-order chi connectivity index (χ0) is 7.82. The van der Waals surface area contributed by atoms with Gasteiger partial charge in [-0.1, -0.05) is 13.8 Å². The summed E-state index contributed by atoms with van der Waals surface area (Å²) in [5.74, 6) is 5.70. The van der Waals surface area contributed by atoms with Gasteiger partial charge in [-0.15, -0.1) is 0 Å². The van der Waals surface area contributed by atoms with E-state index in [-0.39, 0.29) is 0 Å². The molecule has 3 nitrogen and oxygen atoms in total. The van der Waals surface area contributed by atoms with Gasteiger partial charge in [-0.2, -0.15) is 0 Å². The fraction of sp³-hybridized carbons (Fsp3) is 1.00. The van der Waals surface area contributed by atoms with Crippen molar-refractivity contribution < 1.29 is 4.74 Å². The predicted octanol–water partition coefficient (Wildman–Crippen LogP) is 0.512. The second kappa shape index (κ2) is 6.99. The summed E-state index contributed by atoms with van der Waals surface area (Å²) >= 11 is 0. The number of hydrazine groups is 1.